The van der Waals surface area contributed by atoms with Crippen molar-refractivity contribution in [3.05, 3.63) is 0 Å². The third-order valence-electron chi connectivity index (χ3n) is 6.57. The topological polar surface area (TPSA) is 20.2 Å². The van der Waals surface area contributed by atoms with Gasteiger partial charge in [0.2, 0.25) is 0 Å². The van der Waals surface area contributed by atoms with Gasteiger partial charge in [0.1, 0.15) is 0 Å². The molecule has 16 heavy (non-hydrogen) atoms. The number of rotatable bonds is 0. The molecule has 0 heterocycles. The molecule has 4 bridgehead atoms. The molecule has 0 aromatic rings. The van der Waals surface area contributed by atoms with Crippen molar-refractivity contribution in [2.24, 2.45) is 28.6 Å². The van der Waals surface area contributed by atoms with Crippen LogP contribution in [0.25, 0.3) is 0 Å². The molecule has 4 fully saturated rings. The van der Waals surface area contributed by atoms with E-state index in [0.717, 1.165) is 25.7 Å². The van der Waals surface area contributed by atoms with Gasteiger partial charge in [0.15, 0.2) is 0 Å². The predicted octanol–water partition coefficient (Wildman–Crippen LogP) is 3.61. The summed E-state index contributed by atoms with van der Waals surface area (Å²) in [7, 11) is 0. The molecule has 1 nitrogen and oxygen atoms in total. The first-order valence-corrected chi connectivity index (χ1v) is 6.73. The van der Waals surface area contributed by atoms with Crippen LogP contribution in [0.1, 0.15) is 62.5 Å². The first-order valence-electron chi connectivity index (χ1n) is 7.94. The average molecular weight is 224 g/mol. The highest BCUT2D eigenvalue weighted by Crippen LogP contribution is 2.71. The normalized spacial score (nSPS) is 71.0. The van der Waals surface area contributed by atoms with E-state index >= 15 is 0 Å². The van der Waals surface area contributed by atoms with Gasteiger partial charge in [-0.2, -0.15) is 0 Å². The van der Waals surface area contributed by atoms with Crippen LogP contribution in [0.4, 0.5) is 0 Å². The molecule has 1 N–H and O–H groups in total. The largest absolute Gasteiger partial charge is 0.389 e. The highest BCUT2D eigenvalue weighted by Gasteiger charge is 2.69. The number of hydrogen-bond donors (Lipinski definition) is 1. The number of hydrogen-bond acceptors (Lipinski definition) is 1. The van der Waals surface area contributed by atoms with E-state index in [9.17, 15) is 5.11 Å². The molecular weight excluding hydrogens is 196 g/mol. The molecule has 0 spiro atoms. The fourth-order valence-corrected chi connectivity index (χ4v) is 5.24. The maximum atomic E-state index is 11.4. The zero-order valence-corrected chi connectivity index (χ0v) is 10.8. The number of aliphatic hydroxyl groups is 1. The first-order chi connectivity index (χ1) is 8.21. The third-order valence-corrected chi connectivity index (χ3v) is 6.57. The van der Waals surface area contributed by atoms with E-state index in [2.05, 4.69) is 20.8 Å². The van der Waals surface area contributed by atoms with Crippen molar-refractivity contribution >= 4 is 0 Å². The summed E-state index contributed by atoms with van der Waals surface area (Å²) >= 11 is 0. The lowest BCUT2D eigenvalue weighted by Gasteiger charge is -2.71. The zero-order valence-electron chi connectivity index (χ0n) is 12.8. The molecule has 2 unspecified atom stereocenters. The van der Waals surface area contributed by atoms with Crippen LogP contribution in [-0.4, -0.2) is 10.7 Å². The molecule has 0 radical (unpaired) electrons. The summed E-state index contributed by atoms with van der Waals surface area (Å²) < 4.78 is 16.6. The van der Waals surface area contributed by atoms with E-state index in [1.54, 1.807) is 0 Å². The predicted molar refractivity (Wildman–Crippen MR) is 66.1 cm³/mol. The minimum Gasteiger partial charge on any atom is -0.389 e. The summed E-state index contributed by atoms with van der Waals surface area (Å²) in [6.45, 7) is 6.71. The highest BCUT2D eigenvalue weighted by atomic mass is 16.3. The quantitative estimate of drug-likeness (QED) is 0.666. The second-order valence-corrected chi connectivity index (χ2v) is 7.07. The van der Waals surface area contributed by atoms with Crippen LogP contribution >= 0.6 is 0 Å². The van der Waals surface area contributed by atoms with Crippen LogP contribution in [0.3, 0.4) is 0 Å². The van der Waals surface area contributed by atoms with Gasteiger partial charge in [0, 0.05) is 2.74 Å². The van der Waals surface area contributed by atoms with Crippen LogP contribution in [0, 0.1) is 28.6 Å². The van der Waals surface area contributed by atoms with Gasteiger partial charge in [-0.15, -0.1) is 0 Å². The molecule has 4 rings (SSSR count). The van der Waals surface area contributed by atoms with Crippen molar-refractivity contribution < 1.29 is 7.85 Å². The minimum absolute atomic E-state index is 0.147. The Morgan fingerprint density at radius 2 is 2.06 bits per heavy atom. The lowest BCUT2D eigenvalue weighted by molar-refractivity contribution is -0.291. The van der Waals surface area contributed by atoms with Crippen LogP contribution in [0.5, 0.6) is 0 Å². The molecule has 0 aliphatic heterocycles. The maximum Gasteiger partial charge on any atom is 0.0757 e. The second kappa shape index (κ2) is 2.85. The molecule has 4 aliphatic rings. The molecule has 6 atom stereocenters. The van der Waals surface area contributed by atoms with Gasteiger partial charge in [-0.05, 0) is 60.7 Å². The van der Waals surface area contributed by atoms with Gasteiger partial charge >= 0.3 is 0 Å². The Morgan fingerprint density at radius 1 is 1.31 bits per heavy atom. The van der Waals surface area contributed by atoms with E-state index in [1.807, 2.05) is 0 Å². The summed E-state index contributed by atoms with van der Waals surface area (Å²) in [5, 5.41) is 11.4. The average Bonchev–Trinajstić information content (AvgIpc) is 2.32. The Labute approximate surface area is 102 Å². The van der Waals surface area contributed by atoms with E-state index in [-0.39, 0.29) is 16.7 Å². The van der Waals surface area contributed by atoms with Crippen molar-refractivity contribution in [2.45, 2.75) is 65.4 Å². The van der Waals surface area contributed by atoms with Gasteiger partial charge in [-0.25, -0.2) is 0 Å². The van der Waals surface area contributed by atoms with Gasteiger partial charge in [0.05, 0.1) is 5.60 Å². The van der Waals surface area contributed by atoms with Crippen molar-refractivity contribution in [3.8, 4) is 0 Å². The standard InChI is InChI=1S/C15H26O/c1-10-5-8-15(16)13(2,3)11-6-7-14(15,4)12(10)9-11/h10-12,16H,5-9H2,1-4H3/t10-,11+,12-,14?,15+/m0/s1/i2D,10D/t10-,11+,12-,13?,14?,15+. The third kappa shape index (κ3) is 0.939. The molecule has 92 valence electrons. The highest BCUT2D eigenvalue weighted by molar-refractivity contribution is 5.19. The summed E-state index contributed by atoms with van der Waals surface area (Å²) in [6, 6.07) is 0. The van der Waals surface area contributed by atoms with Crippen molar-refractivity contribution in [1.29, 1.82) is 0 Å². The van der Waals surface area contributed by atoms with Crippen molar-refractivity contribution in [3.63, 3.8) is 0 Å². The van der Waals surface area contributed by atoms with Gasteiger partial charge < -0.3 is 5.11 Å². The lowest BCUT2D eigenvalue weighted by Crippen LogP contribution is -2.71. The molecule has 1 heteroatoms. The molecule has 0 saturated heterocycles. The van der Waals surface area contributed by atoms with Crippen LogP contribution in [0.2, 0.25) is 0 Å². The van der Waals surface area contributed by atoms with E-state index < -0.39 is 5.60 Å². The van der Waals surface area contributed by atoms with Crippen molar-refractivity contribution in [2.75, 3.05) is 0 Å². The van der Waals surface area contributed by atoms with Gasteiger partial charge in [0.25, 0.3) is 0 Å². The Balaban J connectivity index is 2.14. The minimum atomic E-state index is -0.714. The van der Waals surface area contributed by atoms with Crippen LogP contribution < -0.4 is 0 Å². The second-order valence-electron chi connectivity index (χ2n) is 7.07. The Morgan fingerprint density at radius 3 is 2.75 bits per heavy atom. The SMILES string of the molecule is [2H]CC1(C)[C@@H]2CCC3(C)[C@@H](C2)[C@@]([2H])(C)CC[C@@]13O. The maximum absolute atomic E-state index is 11.4. The van der Waals surface area contributed by atoms with Crippen molar-refractivity contribution in [1.82, 2.24) is 0 Å². The van der Waals surface area contributed by atoms with E-state index in [0.29, 0.717) is 25.2 Å². The summed E-state index contributed by atoms with van der Waals surface area (Å²) in [5.74, 6) is 0.363. The summed E-state index contributed by atoms with van der Waals surface area (Å²) in [6.07, 6.45) is 4.73. The Bertz CT molecular complexity index is 383. The monoisotopic (exact) mass is 224 g/mol. The first kappa shape index (κ1) is 8.97. The lowest BCUT2D eigenvalue weighted by atomic mass is 9.35. The smallest absolute Gasteiger partial charge is 0.0757 e. The van der Waals surface area contributed by atoms with E-state index in [1.165, 1.54) is 0 Å². The number of fused-ring (bicyclic) bond motifs is 1. The molecule has 0 aromatic heterocycles. The summed E-state index contributed by atoms with van der Waals surface area (Å²) in [4.78, 5) is 0. The molecule has 4 aliphatic carbocycles. The molecule has 0 aromatic carbocycles. The summed E-state index contributed by atoms with van der Waals surface area (Å²) in [5.41, 5.74) is -1.12. The van der Waals surface area contributed by atoms with E-state index in [4.69, 9.17) is 2.74 Å². The fraction of sp³-hybridized carbons (Fsp3) is 1.00. The van der Waals surface area contributed by atoms with Gasteiger partial charge in [-0.1, -0.05) is 27.7 Å². The van der Waals surface area contributed by atoms with Crippen LogP contribution in [0.15, 0.2) is 0 Å². The molecule has 0 amide bonds. The Hall–Kier alpha value is -0.0400. The van der Waals surface area contributed by atoms with Crippen LogP contribution in [-0.2, 0) is 0 Å². The Kier molecular flexibility index (Phi) is 1.60. The molecule has 4 saturated carbocycles. The fourth-order valence-electron chi connectivity index (χ4n) is 5.24. The van der Waals surface area contributed by atoms with Gasteiger partial charge in [-0.3, -0.25) is 0 Å². The zero-order chi connectivity index (χ0) is 13.4. The molecular formula is C15H26O.